The molecule has 0 amide bonds. The van der Waals surface area contributed by atoms with Crippen LogP contribution >= 0.6 is 11.3 Å². The molecular weight excluding hydrogens is 452 g/mol. The minimum absolute atomic E-state index is 0.209. The van der Waals surface area contributed by atoms with E-state index >= 15 is 0 Å². The number of piperidine rings is 1. The van der Waals surface area contributed by atoms with Crippen molar-refractivity contribution in [1.82, 2.24) is 4.98 Å². The Bertz CT molecular complexity index is 972. The van der Waals surface area contributed by atoms with E-state index in [-0.39, 0.29) is 22.9 Å². The van der Waals surface area contributed by atoms with Gasteiger partial charge >= 0.3 is 0 Å². The van der Waals surface area contributed by atoms with Gasteiger partial charge in [0.25, 0.3) is 0 Å². The number of fused-ring (bicyclic) bond motifs is 1. The van der Waals surface area contributed by atoms with Gasteiger partial charge in [-0.15, -0.1) is 11.3 Å². The van der Waals surface area contributed by atoms with Crippen LogP contribution in [-0.2, 0) is 10.8 Å². The first-order chi connectivity index (χ1) is 16.7. The standard InChI is InChI=1S/C30H46N2O2S/c1-28(2)12-13-29(3,4)25-21-23(9-10-24(25)28)26-22-35-27(31-26)32-17-14-30(15-18-32,16-20-34)11-7-5-6-8-19-33/h9-10,21-22,33-34H,5-8,11-20H2,1-4H3. The largest absolute Gasteiger partial charge is 0.396 e. The molecule has 2 N–H and O–H groups in total. The minimum atomic E-state index is 0.209. The molecule has 5 heteroatoms. The Morgan fingerprint density at radius 2 is 1.51 bits per heavy atom. The zero-order valence-corrected chi connectivity index (χ0v) is 23.2. The number of aromatic nitrogens is 1. The van der Waals surface area contributed by atoms with Crippen LogP contribution in [0.2, 0.25) is 0 Å². The molecule has 1 aliphatic carbocycles. The van der Waals surface area contributed by atoms with Crippen LogP contribution in [0.4, 0.5) is 5.13 Å². The molecule has 2 heterocycles. The Hall–Kier alpha value is -1.43. The Kier molecular flexibility index (Phi) is 8.29. The number of nitrogens with zero attached hydrogens (tertiary/aromatic N) is 2. The van der Waals surface area contributed by atoms with Crippen molar-refractivity contribution in [2.45, 2.75) is 103 Å². The highest BCUT2D eigenvalue weighted by Gasteiger charge is 2.37. The van der Waals surface area contributed by atoms with Gasteiger partial charge < -0.3 is 15.1 Å². The second-order valence-electron chi connectivity index (χ2n) is 12.4. The molecule has 0 spiro atoms. The van der Waals surface area contributed by atoms with Crippen molar-refractivity contribution in [3.8, 4) is 11.3 Å². The molecule has 0 atom stereocenters. The van der Waals surface area contributed by atoms with Gasteiger partial charge in [0.05, 0.1) is 5.69 Å². The SMILES string of the molecule is CC1(C)CCC(C)(C)c2cc(-c3csc(N4CCC(CCO)(CCCCCCO)CC4)n3)ccc21. The first kappa shape index (κ1) is 26.6. The Labute approximate surface area is 216 Å². The lowest BCUT2D eigenvalue weighted by atomic mass is 9.63. The summed E-state index contributed by atoms with van der Waals surface area (Å²) in [5.74, 6) is 0. The topological polar surface area (TPSA) is 56.6 Å². The Morgan fingerprint density at radius 1 is 0.829 bits per heavy atom. The van der Waals surface area contributed by atoms with E-state index in [1.807, 2.05) is 0 Å². The molecule has 0 unspecified atom stereocenters. The van der Waals surface area contributed by atoms with Gasteiger partial charge in [0, 0.05) is 37.2 Å². The van der Waals surface area contributed by atoms with Crippen LogP contribution in [0.25, 0.3) is 11.3 Å². The van der Waals surface area contributed by atoms with Crippen LogP contribution in [-0.4, -0.2) is 41.5 Å². The third-order valence-corrected chi connectivity index (χ3v) is 9.89. The van der Waals surface area contributed by atoms with E-state index in [9.17, 15) is 5.11 Å². The van der Waals surface area contributed by atoms with Gasteiger partial charge in [0.1, 0.15) is 0 Å². The molecule has 194 valence electrons. The number of benzene rings is 1. The van der Waals surface area contributed by atoms with Crippen LogP contribution in [0.3, 0.4) is 0 Å². The number of thiazole rings is 1. The summed E-state index contributed by atoms with van der Waals surface area (Å²) in [6, 6.07) is 7.05. The number of hydrogen-bond acceptors (Lipinski definition) is 5. The normalized spacial score (nSPS) is 20.6. The highest BCUT2D eigenvalue weighted by Crippen LogP contribution is 2.47. The van der Waals surface area contributed by atoms with E-state index in [2.05, 4.69) is 56.2 Å². The molecule has 0 saturated carbocycles. The summed E-state index contributed by atoms with van der Waals surface area (Å²) in [5, 5.41) is 22.1. The number of aliphatic hydroxyl groups is 2. The van der Waals surface area contributed by atoms with Gasteiger partial charge in [-0.3, -0.25) is 0 Å². The molecule has 1 fully saturated rings. The van der Waals surface area contributed by atoms with Crippen LogP contribution in [0, 0.1) is 5.41 Å². The summed E-state index contributed by atoms with van der Waals surface area (Å²) in [5.41, 5.74) is 6.05. The van der Waals surface area contributed by atoms with Crippen molar-refractivity contribution in [3.05, 3.63) is 34.7 Å². The molecule has 0 radical (unpaired) electrons. The highest BCUT2D eigenvalue weighted by molar-refractivity contribution is 7.14. The average Bonchev–Trinajstić information content (AvgIpc) is 3.33. The maximum atomic E-state index is 9.73. The molecule has 4 nitrogen and oxygen atoms in total. The molecule has 4 rings (SSSR count). The third-order valence-electron chi connectivity index (χ3n) is 8.99. The lowest BCUT2D eigenvalue weighted by molar-refractivity contribution is 0.131. The minimum Gasteiger partial charge on any atom is -0.396 e. The third kappa shape index (κ3) is 5.94. The zero-order valence-electron chi connectivity index (χ0n) is 22.4. The van der Waals surface area contributed by atoms with Crippen molar-refractivity contribution in [2.75, 3.05) is 31.2 Å². The van der Waals surface area contributed by atoms with E-state index in [0.29, 0.717) is 6.61 Å². The lowest BCUT2D eigenvalue weighted by Crippen LogP contribution is -2.40. The second-order valence-corrected chi connectivity index (χ2v) is 13.2. The Balaban J connectivity index is 1.43. The molecule has 1 aliphatic heterocycles. The first-order valence-electron chi connectivity index (χ1n) is 13.8. The summed E-state index contributed by atoms with van der Waals surface area (Å²) in [4.78, 5) is 7.56. The van der Waals surface area contributed by atoms with Crippen LogP contribution in [0.5, 0.6) is 0 Å². The summed E-state index contributed by atoms with van der Waals surface area (Å²) in [7, 11) is 0. The maximum Gasteiger partial charge on any atom is 0.185 e. The van der Waals surface area contributed by atoms with E-state index in [0.717, 1.165) is 56.0 Å². The average molecular weight is 499 g/mol. The van der Waals surface area contributed by atoms with Crippen molar-refractivity contribution in [1.29, 1.82) is 0 Å². The van der Waals surface area contributed by atoms with Crippen molar-refractivity contribution in [2.24, 2.45) is 5.41 Å². The number of aliphatic hydroxyl groups excluding tert-OH is 2. The molecule has 0 bridgehead atoms. The number of hydrogen-bond donors (Lipinski definition) is 2. The monoisotopic (exact) mass is 498 g/mol. The molecule has 1 aromatic carbocycles. The van der Waals surface area contributed by atoms with E-state index in [1.54, 1.807) is 11.3 Å². The van der Waals surface area contributed by atoms with Crippen molar-refractivity contribution < 1.29 is 10.2 Å². The van der Waals surface area contributed by atoms with Crippen LogP contribution in [0.1, 0.15) is 103 Å². The van der Waals surface area contributed by atoms with E-state index in [1.165, 1.54) is 48.8 Å². The number of unbranched alkanes of at least 4 members (excludes halogenated alkanes) is 3. The Morgan fingerprint density at radius 3 is 2.20 bits per heavy atom. The highest BCUT2D eigenvalue weighted by atomic mass is 32.1. The molecule has 1 aromatic heterocycles. The summed E-state index contributed by atoms with van der Waals surface area (Å²) < 4.78 is 0. The molecular formula is C30H46N2O2S. The molecule has 1 saturated heterocycles. The second kappa shape index (κ2) is 10.9. The van der Waals surface area contributed by atoms with Gasteiger partial charge in [-0.1, -0.05) is 59.1 Å². The fourth-order valence-electron chi connectivity index (χ4n) is 6.29. The van der Waals surface area contributed by atoms with Crippen LogP contribution < -0.4 is 4.90 Å². The van der Waals surface area contributed by atoms with Gasteiger partial charge in [-0.2, -0.15) is 0 Å². The first-order valence-corrected chi connectivity index (χ1v) is 14.7. The summed E-state index contributed by atoms with van der Waals surface area (Å²) in [6.45, 7) is 12.2. The van der Waals surface area contributed by atoms with E-state index < -0.39 is 0 Å². The molecule has 35 heavy (non-hydrogen) atoms. The quantitative estimate of drug-likeness (QED) is 0.344. The summed E-state index contributed by atoms with van der Waals surface area (Å²) >= 11 is 1.77. The van der Waals surface area contributed by atoms with E-state index in [4.69, 9.17) is 10.1 Å². The zero-order chi connectivity index (χ0) is 25.1. The van der Waals surface area contributed by atoms with Gasteiger partial charge in [-0.05, 0) is 78.4 Å². The van der Waals surface area contributed by atoms with Crippen LogP contribution in [0.15, 0.2) is 23.6 Å². The predicted molar refractivity (Wildman–Crippen MR) is 149 cm³/mol. The molecule has 2 aromatic rings. The van der Waals surface area contributed by atoms with Crippen molar-refractivity contribution >= 4 is 16.5 Å². The predicted octanol–water partition coefficient (Wildman–Crippen LogP) is 7.07. The van der Waals surface area contributed by atoms with Gasteiger partial charge in [-0.25, -0.2) is 4.98 Å². The fraction of sp³-hybridized carbons (Fsp3) is 0.700. The lowest BCUT2D eigenvalue weighted by Gasteiger charge is -2.42. The fourth-order valence-corrected chi connectivity index (χ4v) is 7.18. The van der Waals surface area contributed by atoms with Gasteiger partial charge in [0.2, 0.25) is 0 Å². The van der Waals surface area contributed by atoms with Crippen molar-refractivity contribution in [3.63, 3.8) is 0 Å². The summed E-state index contributed by atoms with van der Waals surface area (Å²) in [6.07, 6.45) is 11.2. The number of rotatable bonds is 10. The number of anilines is 1. The maximum absolute atomic E-state index is 9.73. The molecule has 2 aliphatic rings. The smallest absolute Gasteiger partial charge is 0.185 e. The van der Waals surface area contributed by atoms with Gasteiger partial charge in [0.15, 0.2) is 5.13 Å².